The first-order chi connectivity index (χ1) is 14.7. The van der Waals surface area contributed by atoms with Crippen LogP contribution < -0.4 is 5.32 Å². The number of hydrogen-bond donors (Lipinski definition) is 1. The molecule has 1 amide bonds. The minimum atomic E-state index is -0.287. The summed E-state index contributed by atoms with van der Waals surface area (Å²) in [5.74, 6) is -0.343. The predicted octanol–water partition coefficient (Wildman–Crippen LogP) is 4.79. The second-order valence-corrected chi connectivity index (χ2v) is 8.57. The lowest BCUT2D eigenvalue weighted by atomic mass is 10.0. The second-order valence-electron chi connectivity index (χ2n) is 7.71. The van der Waals surface area contributed by atoms with Crippen molar-refractivity contribution in [1.29, 1.82) is 0 Å². The number of thiazole rings is 1. The highest BCUT2D eigenvalue weighted by Gasteiger charge is 2.14. The topological polar surface area (TPSA) is 45.2 Å². The highest BCUT2D eigenvalue weighted by Crippen LogP contribution is 2.24. The number of carbonyl (C=O) groups is 1. The van der Waals surface area contributed by atoms with Crippen molar-refractivity contribution in [3.63, 3.8) is 0 Å². The molecule has 1 N–H and O–H groups in total. The van der Waals surface area contributed by atoms with Gasteiger partial charge in [0.1, 0.15) is 10.8 Å². The van der Waals surface area contributed by atoms with Crippen LogP contribution in [0, 0.1) is 5.82 Å². The van der Waals surface area contributed by atoms with Gasteiger partial charge in [0.15, 0.2) is 0 Å². The van der Waals surface area contributed by atoms with Gasteiger partial charge in [-0.15, -0.1) is 11.3 Å². The molecule has 3 aromatic rings. The fourth-order valence-corrected chi connectivity index (χ4v) is 4.62. The van der Waals surface area contributed by atoms with Crippen molar-refractivity contribution in [2.45, 2.75) is 38.8 Å². The van der Waals surface area contributed by atoms with Gasteiger partial charge in [-0.05, 0) is 49.2 Å². The molecule has 0 unspecified atom stereocenters. The van der Waals surface area contributed by atoms with Crippen molar-refractivity contribution in [3.8, 4) is 10.6 Å². The largest absolute Gasteiger partial charge is 0.352 e. The molecule has 1 aliphatic rings. The first kappa shape index (κ1) is 20.7. The molecule has 6 heteroatoms. The lowest BCUT2D eigenvalue weighted by Gasteiger charge is -2.27. The Morgan fingerprint density at radius 1 is 1.07 bits per heavy atom. The number of aromatic nitrogens is 1. The Kier molecular flexibility index (Phi) is 6.87. The van der Waals surface area contributed by atoms with Gasteiger partial charge in [-0.3, -0.25) is 9.69 Å². The first-order valence-corrected chi connectivity index (χ1v) is 11.3. The lowest BCUT2D eigenvalue weighted by Crippen LogP contribution is -2.30. The normalized spacial score (nSPS) is 14.6. The van der Waals surface area contributed by atoms with Gasteiger partial charge in [0.25, 0.3) is 0 Å². The van der Waals surface area contributed by atoms with Crippen LogP contribution in [0.3, 0.4) is 0 Å². The summed E-state index contributed by atoms with van der Waals surface area (Å²) in [6.07, 6.45) is 4.08. The van der Waals surface area contributed by atoms with E-state index in [0.29, 0.717) is 12.2 Å². The molecule has 2 heterocycles. The number of benzene rings is 2. The molecule has 1 aromatic heterocycles. The Bertz CT molecular complexity index is 997. The van der Waals surface area contributed by atoms with Crippen LogP contribution in [0.15, 0.2) is 53.9 Å². The summed E-state index contributed by atoms with van der Waals surface area (Å²) in [5, 5.41) is 5.62. The summed E-state index contributed by atoms with van der Waals surface area (Å²) >= 11 is 1.43. The van der Waals surface area contributed by atoms with Gasteiger partial charge < -0.3 is 5.32 Å². The zero-order valence-corrected chi connectivity index (χ0v) is 17.8. The zero-order valence-electron chi connectivity index (χ0n) is 16.9. The fourth-order valence-electron chi connectivity index (χ4n) is 3.81. The molecule has 0 aliphatic carbocycles. The van der Waals surface area contributed by atoms with Crippen LogP contribution in [0.2, 0.25) is 0 Å². The van der Waals surface area contributed by atoms with Crippen LogP contribution in [-0.4, -0.2) is 28.9 Å². The van der Waals surface area contributed by atoms with Gasteiger partial charge in [-0.25, -0.2) is 9.37 Å². The monoisotopic (exact) mass is 423 g/mol. The van der Waals surface area contributed by atoms with Crippen molar-refractivity contribution < 1.29 is 9.18 Å². The van der Waals surface area contributed by atoms with E-state index in [9.17, 15) is 9.18 Å². The third-order valence-corrected chi connectivity index (χ3v) is 6.34. The first-order valence-electron chi connectivity index (χ1n) is 10.4. The van der Waals surface area contributed by atoms with Crippen LogP contribution in [0.25, 0.3) is 10.6 Å². The Morgan fingerprint density at radius 2 is 1.87 bits per heavy atom. The summed E-state index contributed by atoms with van der Waals surface area (Å²) < 4.78 is 13.4. The zero-order chi connectivity index (χ0) is 20.8. The molecule has 0 bridgehead atoms. The Labute approximate surface area is 180 Å². The third kappa shape index (κ3) is 5.52. The van der Waals surface area contributed by atoms with E-state index in [1.54, 1.807) is 6.07 Å². The molecule has 0 atom stereocenters. The molecule has 4 rings (SSSR count). The van der Waals surface area contributed by atoms with Gasteiger partial charge in [-0.1, -0.05) is 42.8 Å². The average molecular weight is 424 g/mol. The van der Waals surface area contributed by atoms with E-state index in [-0.39, 0.29) is 18.1 Å². The van der Waals surface area contributed by atoms with E-state index in [0.717, 1.165) is 35.8 Å². The average Bonchev–Trinajstić information content (AvgIpc) is 3.22. The van der Waals surface area contributed by atoms with Crippen molar-refractivity contribution in [3.05, 3.63) is 76.5 Å². The van der Waals surface area contributed by atoms with Crippen molar-refractivity contribution in [2.24, 2.45) is 0 Å². The van der Waals surface area contributed by atoms with E-state index in [1.165, 1.54) is 48.3 Å². The van der Waals surface area contributed by atoms with E-state index in [1.807, 2.05) is 17.5 Å². The Morgan fingerprint density at radius 3 is 2.67 bits per heavy atom. The van der Waals surface area contributed by atoms with Gasteiger partial charge in [0.05, 0.1) is 12.1 Å². The third-order valence-electron chi connectivity index (χ3n) is 5.40. The minimum absolute atomic E-state index is 0.0566. The number of rotatable bonds is 7. The van der Waals surface area contributed by atoms with E-state index in [2.05, 4.69) is 33.4 Å². The molecule has 0 radical (unpaired) electrons. The molecule has 4 nitrogen and oxygen atoms in total. The Balaban J connectivity index is 1.33. The smallest absolute Gasteiger partial charge is 0.226 e. The number of piperidine rings is 1. The molecule has 1 aliphatic heterocycles. The summed E-state index contributed by atoms with van der Waals surface area (Å²) in [5.41, 5.74) is 3.88. The maximum atomic E-state index is 13.4. The molecule has 30 heavy (non-hydrogen) atoms. The van der Waals surface area contributed by atoms with Gasteiger partial charge >= 0.3 is 0 Å². The number of halogens is 1. The number of hydrogen-bond acceptors (Lipinski definition) is 4. The number of amides is 1. The molecule has 2 aromatic carbocycles. The number of nitrogens with zero attached hydrogens (tertiary/aromatic N) is 2. The van der Waals surface area contributed by atoms with Crippen LogP contribution in [0.5, 0.6) is 0 Å². The summed E-state index contributed by atoms with van der Waals surface area (Å²) in [6, 6.07) is 14.7. The molecule has 156 valence electrons. The van der Waals surface area contributed by atoms with E-state index in [4.69, 9.17) is 0 Å². The Hall–Kier alpha value is -2.57. The van der Waals surface area contributed by atoms with E-state index < -0.39 is 0 Å². The summed E-state index contributed by atoms with van der Waals surface area (Å²) in [7, 11) is 0. The van der Waals surface area contributed by atoms with Crippen LogP contribution in [-0.2, 0) is 24.3 Å². The van der Waals surface area contributed by atoms with Crippen LogP contribution in [0.4, 0.5) is 4.39 Å². The van der Waals surface area contributed by atoms with E-state index >= 15 is 0 Å². The van der Waals surface area contributed by atoms with Crippen LogP contribution >= 0.6 is 11.3 Å². The summed E-state index contributed by atoms with van der Waals surface area (Å²) in [6.45, 7) is 3.76. The molecular formula is C24H26FN3OS. The number of likely N-dealkylation sites (tertiary alicyclic amines) is 1. The predicted molar refractivity (Wildman–Crippen MR) is 119 cm³/mol. The van der Waals surface area contributed by atoms with Gasteiger partial charge in [0.2, 0.25) is 5.91 Å². The minimum Gasteiger partial charge on any atom is -0.352 e. The number of nitrogens with one attached hydrogen (secondary N) is 1. The second kappa shape index (κ2) is 9.96. The SMILES string of the molecule is O=C(Cc1csc(-c2cccc(F)c2)n1)NCc1ccccc1CN1CCCCC1. The summed E-state index contributed by atoms with van der Waals surface area (Å²) in [4.78, 5) is 19.5. The molecule has 0 spiro atoms. The van der Waals surface area contributed by atoms with Gasteiger partial charge in [0, 0.05) is 24.0 Å². The van der Waals surface area contributed by atoms with Gasteiger partial charge in [-0.2, -0.15) is 0 Å². The van der Waals surface area contributed by atoms with Crippen molar-refractivity contribution >= 4 is 17.2 Å². The maximum Gasteiger partial charge on any atom is 0.226 e. The molecule has 1 fully saturated rings. The quantitative estimate of drug-likeness (QED) is 0.594. The standard InChI is InChI=1S/C24H26FN3OS/c25-21-10-6-9-18(13-21)24-27-22(17-30-24)14-23(29)26-15-19-7-2-3-8-20(19)16-28-11-4-1-5-12-28/h2-3,6-10,13,17H,1,4-5,11-12,14-16H2,(H,26,29). The molecule has 1 saturated heterocycles. The van der Waals surface area contributed by atoms with Crippen molar-refractivity contribution in [2.75, 3.05) is 13.1 Å². The van der Waals surface area contributed by atoms with Crippen LogP contribution in [0.1, 0.15) is 36.1 Å². The molecular weight excluding hydrogens is 397 g/mol. The highest BCUT2D eigenvalue weighted by molar-refractivity contribution is 7.13. The molecule has 0 saturated carbocycles. The lowest BCUT2D eigenvalue weighted by molar-refractivity contribution is -0.120. The number of carbonyl (C=O) groups excluding carboxylic acids is 1. The highest BCUT2D eigenvalue weighted by atomic mass is 32.1. The fraction of sp³-hybridized carbons (Fsp3) is 0.333. The van der Waals surface area contributed by atoms with Crippen molar-refractivity contribution in [1.82, 2.24) is 15.2 Å². The maximum absolute atomic E-state index is 13.4.